The lowest BCUT2D eigenvalue weighted by Crippen LogP contribution is -2.32. The third kappa shape index (κ3) is 4.73. The maximum absolute atomic E-state index is 9.54. The Balaban J connectivity index is 0.000000861. The molecule has 4 heteroatoms. The molecule has 4 nitrogen and oxygen atoms in total. The number of hydrogen-bond acceptors (Lipinski definition) is 4. The van der Waals surface area contributed by atoms with Gasteiger partial charge in [-0.05, 0) is 31.0 Å². The SMILES string of the molecule is CC.COc1cc(C)ccc1OC1CC(O)CCO1. The van der Waals surface area contributed by atoms with Crippen molar-refractivity contribution in [2.24, 2.45) is 0 Å². The summed E-state index contributed by atoms with van der Waals surface area (Å²) in [6.45, 7) is 6.52. The number of rotatable bonds is 3. The van der Waals surface area contributed by atoms with E-state index in [-0.39, 0.29) is 6.10 Å². The van der Waals surface area contributed by atoms with Crippen LogP contribution in [0.2, 0.25) is 0 Å². The third-order valence-corrected chi connectivity index (χ3v) is 2.80. The molecule has 0 radical (unpaired) electrons. The fourth-order valence-electron chi connectivity index (χ4n) is 1.84. The maximum Gasteiger partial charge on any atom is 0.202 e. The average molecular weight is 268 g/mol. The second-order valence-electron chi connectivity index (χ2n) is 4.25. The Kier molecular flexibility index (Phi) is 6.67. The molecule has 1 aromatic carbocycles. The molecule has 1 fully saturated rings. The Hall–Kier alpha value is -1.26. The number of aryl methyl sites for hydroxylation is 1. The molecule has 0 amide bonds. The number of benzene rings is 1. The Morgan fingerprint density at radius 3 is 2.63 bits per heavy atom. The van der Waals surface area contributed by atoms with Crippen LogP contribution in [0.3, 0.4) is 0 Å². The van der Waals surface area contributed by atoms with E-state index in [9.17, 15) is 5.11 Å². The molecular formula is C15H24O4. The molecule has 0 aliphatic carbocycles. The van der Waals surface area contributed by atoms with Crippen LogP contribution in [0.25, 0.3) is 0 Å². The van der Waals surface area contributed by atoms with E-state index in [0.29, 0.717) is 30.9 Å². The van der Waals surface area contributed by atoms with Gasteiger partial charge in [0.05, 0.1) is 19.8 Å². The van der Waals surface area contributed by atoms with Crippen LogP contribution in [-0.4, -0.2) is 31.2 Å². The highest BCUT2D eigenvalue weighted by Crippen LogP contribution is 2.30. The molecular weight excluding hydrogens is 244 g/mol. The van der Waals surface area contributed by atoms with Crippen molar-refractivity contribution in [3.63, 3.8) is 0 Å². The van der Waals surface area contributed by atoms with E-state index in [2.05, 4.69) is 0 Å². The first-order valence-electron chi connectivity index (χ1n) is 6.80. The summed E-state index contributed by atoms with van der Waals surface area (Å²) >= 11 is 0. The van der Waals surface area contributed by atoms with E-state index in [4.69, 9.17) is 14.2 Å². The minimum absolute atomic E-state index is 0.342. The topological polar surface area (TPSA) is 47.9 Å². The molecule has 19 heavy (non-hydrogen) atoms. The molecule has 2 atom stereocenters. The Labute approximate surface area is 115 Å². The lowest BCUT2D eigenvalue weighted by Gasteiger charge is -2.27. The summed E-state index contributed by atoms with van der Waals surface area (Å²) < 4.78 is 16.4. The van der Waals surface area contributed by atoms with Gasteiger partial charge in [0.15, 0.2) is 11.5 Å². The van der Waals surface area contributed by atoms with Crippen LogP contribution in [0.5, 0.6) is 11.5 Å². The summed E-state index contributed by atoms with van der Waals surface area (Å²) in [5, 5.41) is 9.54. The summed E-state index contributed by atoms with van der Waals surface area (Å²) in [7, 11) is 1.61. The average Bonchev–Trinajstić information content (AvgIpc) is 2.43. The number of hydrogen-bond donors (Lipinski definition) is 1. The van der Waals surface area contributed by atoms with Crippen LogP contribution in [0, 0.1) is 6.92 Å². The van der Waals surface area contributed by atoms with Gasteiger partial charge in [0.2, 0.25) is 6.29 Å². The van der Waals surface area contributed by atoms with E-state index in [1.165, 1.54) is 0 Å². The zero-order chi connectivity index (χ0) is 14.3. The van der Waals surface area contributed by atoms with Gasteiger partial charge in [0.1, 0.15) is 0 Å². The summed E-state index contributed by atoms with van der Waals surface area (Å²) in [6.07, 6.45) is 0.433. The smallest absolute Gasteiger partial charge is 0.202 e. The molecule has 0 bridgehead atoms. The van der Waals surface area contributed by atoms with E-state index in [1.807, 2.05) is 39.0 Å². The van der Waals surface area contributed by atoms with Crippen LogP contribution in [0.4, 0.5) is 0 Å². The molecule has 1 heterocycles. The van der Waals surface area contributed by atoms with Crippen LogP contribution in [0.15, 0.2) is 18.2 Å². The van der Waals surface area contributed by atoms with Gasteiger partial charge in [-0.3, -0.25) is 0 Å². The van der Waals surface area contributed by atoms with Crippen molar-refractivity contribution in [2.45, 2.75) is 46.0 Å². The first-order chi connectivity index (χ1) is 9.19. The molecule has 108 valence electrons. The molecule has 1 aliphatic heterocycles. The largest absolute Gasteiger partial charge is 0.493 e. The van der Waals surface area contributed by atoms with Gasteiger partial charge in [-0.2, -0.15) is 0 Å². The molecule has 1 N–H and O–H groups in total. The molecule has 2 rings (SSSR count). The lowest BCUT2D eigenvalue weighted by atomic mass is 10.1. The molecule has 1 aliphatic rings. The van der Waals surface area contributed by atoms with Crippen molar-refractivity contribution in [2.75, 3.05) is 13.7 Å². The van der Waals surface area contributed by atoms with Crippen molar-refractivity contribution in [1.82, 2.24) is 0 Å². The number of aliphatic hydroxyl groups excluding tert-OH is 1. The van der Waals surface area contributed by atoms with Gasteiger partial charge in [-0.25, -0.2) is 0 Å². The lowest BCUT2D eigenvalue weighted by molar-refractivity contribution is -0.137. The summed E-state index contributed by atoms with van der Waals surface area (Å²) in [6, 6.07) is 5.73. The van der Waals surface area contributed by atoms with Crippen molar-refractivity contribution in [1.29, 1.82) is 0 Å². The number of methoxy groups -OCH3 is 1. The molecule has 0 spiro atoms. The molecule has 1 aromatic rings. The highest BCUT2D eigenvalue weighted by Gasteiger charge is 2.23. The molecule has 0 aromatic heterocycles. The van der Waals surface area contributed by atoms with Crippen molar-refractivity contribution in [3.05, 3.63) is 23.8 Å². The van der Waals surface area contributed by atoms with Gasteiger partial charge >= 0.3 is 0 Å². The van der Waals surface area contributed by atoms with Gasteiger partial charge in [-0.15, -0.1) is 0 Å². The van der Waals surface area contributed by atoms with E-state index in [1.54, 1.807) is 7.11 Å². The highest BCUT2D eigenvalue weighted by atomic mass is 16.7. The van der Waals surface area contributed by atoms with Gasteiger partial charge in [0.25, 0.3) is 0 Å². The second-order valence-corrected chi connectivity index (χ2v) is 4.25. The molecule has 0 saturated carbocycles. The fourth-order valence-corrected chi connectivity index (χ4v) is 1.84. The minimum Gasteiger partial charge on any atom is -0.493 e. The molecule has 1 saturated heterocycles. The van der Waals surface area contributed by atoms with Gasteiger partial charge < -0.3 is 19.3 Å². The Morgan fingerprint density at radius 2 is 2.00 bits per heavy atom. The van der Waals surface area contributed by atoms with Gasteiger partial charge in [0, 0.05) is 6.42 Å². The monoisotopic (exact) mass is 268 g/mol. The fraction of sp³-hybridized carbons (Fsp3) is 0.600. The first-order valence-corrected chi connectivity index (χ1v) is 6.80. The summed E-state index contributed by atoms with van der Waals surface area (Å²) in [5.74, 6) is 1.34. The van der Waals surface area contributed by atoms with Gasteiger partial charge in [-0.1, -0.05) is 19.9 Å². The first kappa shape index (κ1) is 15.8. The highest BCUT2D eigenvalue weighted by molar-refractivity contribution is 5.42. The van der Waals surface area contributed by atoms with Crippen molar-refractivity contribution >= 4 is 0 Å². The van der Waals surface area contributed by atoms with Crippen molar-refractivity contribution in [3.8, 4) is 11.5 Å². The van der Waals surface area contributed by atoms with Crippen molar-refractivity contribution < 1.29 is 19.3 Å². The minimum atomic E-state index is -0.393. The van der Waals surface area contributed by atoms with Crippen LogP contribution in [-0.2, 0) is 4.74 Å². The Morgan fingerprint density at radius 1 is 1.26 bits per heavy atom. The van der Waals surface area contributed by atoms with Crippen LogP contribution >= 0.6 is 0 Å². The quantitative estimate of drug-likeness (QED) is 0.915. The third-order valence-electron chi connectivity index (χ3n) is 2.80. The number of ether oxygens (including phenoxy) is 3. The number of aliphatic hydroxyl groups is 1. The normalized spacial score (nSPS) is 22.2. The summed E-state index contributed by atoms with van der Waals surface area (Å²) in [5.41, 5.74) is 1.11. The predicted molar refractivity (Wildman–Crippen MR) is 74.7 cm³/mol. The van der Waals surface area contributed by atoms with E-state index in [0.717, 1.165) is 5.56 Å². The zero-order valence-corrected chi connectivity index (χ0v) is 12.2. The van der Waals surface area contributed by atoms with Crippen LogP contribution in [0.1, 0.15) is 32.3 Å². The molecule has 2 unspecified atom stereocenters. The van der Waals surface area contributed by atoms with E-state index < -0.39 is 6.29 Å². The summed E-state index contributed by atoms with van der Waals surface area (Å²) in [4.78, 5) is 0. The Bertz CT molecular complexity index is 378. The predicted octanol–water partition coefficient (Wildman–Crippen LogP) is 2.91. The zero-order valence-electron chi connectivity index (χ0n) is 12.2. The second kappa shape index (κ2) is 8.02. The van der Waals surface area contributed by atoms with Crippen LogP contribution < -0.4 is 9.47 Å². The van der Waals surface area contributed by atoms with E-state index >= 15 is 0 Å². The maximum atomic E-state index is 9.54. The standard InChI is InChI=1S/C13H18O4.C2H6/c1-9-3-4-11(12(7-9)15-2)17-13-8-10(14)5-6-16-13;1-2/h3-4,7,10,13-14H,5-6,8H2,1-2H3;1-2H3.